The van der Waals surface area contributed by atoms with Crippen LogP contribution in [-0.4, -0.2) is 6.54 Å². The molecule has 74 valence electrons. The van der Waals surface area contributed by atoms with E-state index >= 15 is 0 Å². The second-order valence-electron chi connectivity index (χ2n) is 3.56. The van der Waals surface area contributed by atoms with Crippen molar-refractivity contribution >= 4 is 27.3 Å². The SMILES string of the molecule is N#CC(NCC1CC1)c1ccc(Br)s1. The predicted octanol–water partition coefficient (Wildman–Crippen LogP) is 3.07. The normalized spacial score (nSPS) is 17.7. The topological polar surface area (TPSA) is 35.8 Å². The van der Waals surface area contributed by atoms with E-state index in [2.05, 4.69) is 27.3 Å². The lowest BCUT2D eigenvalue weighted by atomic mass is 10.2. The van der Waals surface area contributed by atoms with Crippen LogP contribution in [0.3, 0.4) is 0 Å². The molecule has 1 fully saturated rings. The molecule has 1 heterocycles. The number of nitriles is 1. The van der Waals surface area contributed by atoms with Gasteiger partial charge in [0.25, 0.3) is 0 Å². The highest BCUT2D eigenvalue weighted by Gasteiger charge is 2.22. The number of nitrogens with zero attached hydrogens (tertiary/aromatic N) is 1. The Morgan fingerprint density at radius 2 is 2.43 bits per heavy atom. The maximum atomic E-state index is 9.00. The van der Waals surface area contributed by atoms with Crippen molar-refractivity contribution in [1.29, 1.82) is 5.26 Å². The Balaban J connectivity index is 1.94. The van der Waals surface area contributed by atoms with Gasteiger partial charge >= 0.3 is 0 Å². The zero-order chi connectivity index (χ0) is 9.97. The van der Waals surface area contributed by atoms with Gasteiger partial charge in [-0.25, -0.2) is 0 Å². The van der Waals surface area contributed by atoms with Gasteiger partial charge in [-0.15, -0.1) is 11.3 Å². The highest BCUT2D eigenvalue weighted by Crippen LogP contribution is 2.30. The Bertz CT molecular complexity index is 351. The van der Waals surface area contributed by atoms with E-state index in [1.165, 1.54) is 12.8 Å². The van der Waals surface area contributed by atoms with Gasteiger partial charge in [0, 0.05) is 4.88 Å². The number of nitrogens with one attached hydrogen (secondary N) is 1. The van der Waals surface area contributed by atoms with Gasteiger partial charge in [-0.05, 0) is 53.4 Å². The molecule has 0 aliphatic heterocycles. The molecule has 1 atom stereocenters. The van der Waals surface area contributed by atoms with Crippen LogP contribution in [-0.2, 0) is 0 Å². The molecule has 0 aromatic carbocycles. The molecule has 1 aliphatic carbocycles. The summed E-state index contributed by atoms with van der Waals surface area (Å²) >= 11 is 5.03. The standard InChI is InChI=1S/C10H11BrN2S/c11-10-4-3-9(14-10)8(5-12)13-6-7-1-2-7/h3-4,7-8,13H,1-2,6H2. The highest BCUT2D eigenvalue weighted by molar-refractivity contribution is 9.11. The molecular weight excluding hydrogens is 260 g/mol. The minimum atomic E-state index is -0.133. The van der Waals surface area contributed by atoms with Crippen molar-refractivity contribution in [3.63, 3.8) is 0 Å². The Labute approximate surface area is 96.1 Å². The van der Waals surface area contributed by atoms with Gasteiger partial charge in [0.15, 0.2) is 0 Å². The zero-order valence-electron chi connectivity index (χ0n) is 7.66. The molecule has 2 nitrogen and oxygen atoms in total. The summed E-state index contributed by atoms with van der Waals surface area (Å²) in [5, 5.41) is 12.3. The van der Waals surface area contributed by atoms with Crippen LogP contribution in [0.25, 0.3) is 0 Å². The first-order valence-corrected chi connectivity index (χ1v) is 6.29. The summed E-state index contributed by atoms with van der Waals surface area (Å²) in [5.74, 6) is 0.814. The molecule has 1 aliphatic rings. The second kappa shape index (κ2) is 4.43. The van der Waals surface area contributed by atoms with Gasteiger partial charge in [0.2, 0.25) is 0 Å². The van der Waals surface area contributed by atoms with Crippen LogP contribution >= 0.6 is 27.3 Å². The predicted molar refractivity (Wildman–Crippen MR) is 61.1 cm³/mol. The summed E-state index contributed by atoms with van der Waals surface area (Å²) in [6, 6.07) is 6.15. The minimum Gasteiger partial charge on any atom is -0.297 e. The van der Waals surface area contributed by atoms with E-state index in [1.54, 1.807) is 11.3 Å². The smallest absolute Gasteiger partial charge is 0.130 e. The summed E-state index contributed by atoms with van der Waals surface area (Å²) in [7, 11) is 0. The maximum Gasteiger partial charge on any atom is 0.130 e. The third-order valence-electron chi connectivity index (χ3n) is 2.32. The molecular formula is C10H11BrN2S. The third-order valence-corrected chi connectivity index (χ3v) is 4.00. The third kappa shape index (κ3) is 2.57. The molecule has 2 rings (SSSR count). The van der Waals surface area contributed by atoms with E-state index in [4.69, 9.17) is 5.26 Å². The van der Waals surface area contributed by atoms with Gasteiger partial charge in [-0.1, -0.05) is 0 Å². The molecule has 1 N–H and O–H groups in total. The average Bonchev–Trinajstić information content (AvgIpc) is 2.90. The monoisotopic (exact) mass is 270 g/mol. The fourth-order valence-electron chi connectivity index (χ4n) is 1.30. The molecule has 0 saturated heterocycles. The number of hydrogen-bond acceptors (Lipinski definition) is 3. The lowest BCUT2D eigenvalue weighted by Crippen LogP contribution is -2.21. The van der Waals surface area contributed by atoms with E-state index in [-0.39, 0.29) is 6.04 Å². The molecule has 14 heavy (non-hydrogen) atoms. The number of thiophene rings is 1. The fourth-order valence-corrected chi connectivity index (χ4v) is 2.74. The van der Waals surface area contributed by atoms with Crippen LogP contribution in [0.15, 0.2) is 15.9 Å². The van der Waals surface area contributed by atoms with Crippen molar-refractivity contribution in [2.75, 3.05) is 6.54 Å². The summed E-state index contributed by atoms with van der Waals surface area (Å²) in [6.07, 6.45) is 2.64. The van der Waals surface area contributed by atoms with Crippen molar-refractivity contribution in [2.24, 2.45) is 5.92 Å². The second-order valence-corrected chi connectivity index (χ2v) is 6.05. The first-order chi connectivity index (χ1) is 6.79. The van der Waals surface area contributed by atoms with Gasteiger partial charge in [0.1, 0.15) is 6.04 Å². The summed E-state index contributed by atoms with van der Waals surface area (Å²) in [6.45, 7) is 0.980. The number of hydrogen-bond donors (Lipinski definition) is 1. The summed E-state index contributed by atoms with van der Waals surface area (Å²) < 4.78 is 1.08. The van der Waals surface area contributed by atoms with E-state index in [1.807, 2.05) is 12.1 Å². The van der Waals surface area contributed by atoms with Crippen LogP contribution in [0.5, 0.6) is 0 Å². The fraction of sp³-hybridized carbons (Fsp3) is 0.500. The molecule has 1 aromatic rings. The first-order valence-electron chi connectivity index (χ1n) is 4.68. The number of halogens is 1. The van der Waals surface area contributed by atoms with Crippen LogP contribution in [0.1, 0.15) is 23.8 Å². The van der Waals surface area contributed by atoms with Gasteiger partial charge in [-0.2, -0.15) is 5.26 Å². The molecule has 0 bridgehead atoms. The van der Waals surface area contributed by atoms with Gasteiger partial charge < -0.3 is 0 Å². The molecule has 0 radical (unpaired) electrons. The van der Waals surface area contributed by atoms with Crippen molar-refractivity contribution in [2.45, 2.75) is 18.9 Å². The van der Waals surface area contributed by atoms with Crippen molar-refractivity contribution in [3.8, 4) is 6.07 Å². The molecule has 1 aromatic heterocycles. The first kappa shape index (κ1) is 10.2. The summed E-state index contributed by atoms with van der Waals surface area (Å²) in [4.78, 5) is 1.10. The molecule has 1 saturated carbocycles. The summed E-state index contributed by atoms with van der Waals surface area (Å²) in [5.41, 5.74) is 0. The molecule has 4 heteroatoms. The van der Waals surface area contributed by atoms with Crippen molar-refractivity contribution in [3.05, 3.63) is 20.8 Å². The van der Waals surface area contributed by atoms with E-state index in [0.29, 0.717) is 0 Å². The molecule has 0 amide bonds. The van der Waals surface area contributed by atoms with Crippen LogP contribution in [0.2, 0.25) is 0 Å². The Morgan fingerprint density at radius 3 is 2.93 bits per heavy atom. The van der Waals surface area contributed by atoms with E-state index in [0.717, 1.165) is 21.1 Å². The maximum absolute atomic E-state index is 9.00. The largest absolute Gasteiger partial charge is 0.297 e. The quantitative estimate of drug-likeness (QED) is 0.913. The minimum absolute atomic E-state index is 0.133. The lowest BCUT2D eigenvalue weighted by molar-refractivity contribution is 0.599. The molecule has 0 spiro atoms. The van der Waals surface area contributed by atoms with Crippen molar-refractivity contribution < 1.29 is 0 Å². The molecule has 1 unspecified atom stereocenters. The lowest BCUT2D eigenvalue weighted by Gasteiger charge is -2.08. The Hall–Kier alpha value is -0.370. The van der Waals surface area contributed by atoms with Gasteiger partial charge in [0.05, 0.1) is 9.86 Å². The van der Waals surface area contributed by atoms with E-state index in [9.17, 15) is 0 Å². The van der Waals surface area contributed by atoms with E-state index < -0.39 is 0 Å². The zero-order valence-corrected chi connectivity index (χ0v) is 10.1. The average molecular weight is 271 g/mol. The Morgan fingerprint density at radius 1 is 1.64 bits per heavy atom. The number of rotatable bonds is 4. The van der Waals surface area contributed by atoms with Crippen LogP contribution in [0.4, 0.5) is 0 Å². The van der Waals surface area contributed by atoms with Crippen LogP contribution in [0, 0.1) is 17.2 Å². The Kier molecular flexibility index (Phi) is 3.22. The van der Waals surface area contributed by atoms with Crippen LogP contribution < -0.4 is 5.32 Å². The van der Waals surface area contributed by atoms with Crippen molar-refractivity contribution in [1.82, 2.24) is 5.32 Å². The highest BCUT2D eigenvalue weighted by atomic mass is 79.9. The van der Waals surface area contributed by atoms with Gasteiger partial charge in [-0.3, -0.25) is 5.32 Å².